The van der Waals surface area contributed by atoms with Gasteiger partial charge in [-0.05, 0) is 128 Å². The van der Waals surface area contributed by atoms with Crippen molar-refractivity contribution in [1.29, 1.82) is 0 Å². The van der Waals surface area contributed by atoms with E-state index in [2.05, 4.69) is 113 Å². The largest absolute Gasteiger partial charge is 0.472 e. The summed E-state index contributed by atoms with van der Waals surface area (Å²) in [6.45, 7) is 4.66. The first-order valence-electron chi connectivity index (χ1n) is 36.8. The van der Waals surface area contributed by atoms with Gasteiger partial charge in [0.25, 0.3) is 0 Å². The fraction of sp³-hybridized carbons (Fsp3) is 0.760. The van der Waals surface area contributed by atoms with E-state index in [1.807, 2.05) is 0 Å². The number of rotatable bonds is 69. The molecule has 0 fully saturated rings. The minimum atomic E-state index is -4.97. The number of aliphatic hydroxyl groups is 1. The molecule has 0 rings (SSSR count). The van der Waals surface area contributed by atoms with Crippen LogP contribution < -0.4 is 0 Å². The summed E-state index contributed by atoms with van der Waals surface area (Å²) in [5, 5.41) is 10.6. The van der Waals surface area contributed by atoms with Crippen molar-refractivity contribution in [2.24, 2.45) is 0 Å². The average Bonchev–Trinajstić information content (AvgIpc) is 1.34. The fourth-order valence-corrected chi connectivity index (χ4v) is 11.2. The molecule has 0 aromatic rings. The zero-order valence-electron chi connectivity index (χ0n) is 59.1. The second-order valence-corrected chi connectivity index (χ2v) is 27.4. The van der Waals surface area contributed by atoms with Gasteiger partial charge in [0.2, 0.25) is 0 Å². The van der Waals surface area contributed by atoms with Crippen molar-refractivity contribution in [3.05, 3.63) is 85.1 Å². The summed E-state index contributed by atoms with van der Waals surface area (Å²) in [4.78, 5) is 72.6. The van der Waals surface area contributed by atoms with Gasteiger partial charge in [0, 0.05) is 25.7 Å². The molecule has 0 aliphatic heterocycles. The van der Waals surface area contributed by atoms with Crippen molar-refractivity contribution in [1.82, 2.24) is 0 Å². The molecule has 0 saturated carbocycles. The summed E-state index contributed by atoms with van der Waals surface area (Å²) >= 11 is 0. The summed E-state index contributed by atoms with van der Waals surface area (Å²) in [6.07, 6.45) is 67.3. The average molecular weight is 1370 g/mol. The molecule has 0 aromatic heterocycles. The molecule has 0 spiro atoms. The van der Waals surface area contributed by atoms with E-state index in [1.54, 1.807) is 0 Å². The van der Waals surface area contributed by atoms with Crippen LogP contribution in [-0.4, -0.2) is 96.7 Å². The molecule has 5 atom stereocenters. The molecule has 0 saturated heterocycles. The van der Waals surface area contributed by atoms with Crippen LogP contribution in [-0.2, 0) is 65.4 Å². The molecule has 17 nitrogen and oxygen atoms in total. The molecular formula is C75H132O17P2. The number of unbranched alkanes of at least 4 members (excludes halogenated alkanes) is 29. The maximum absolute atomic E-state index is 13.0. The van der Waals surface area contributed by atoms with Gasteiger partial charge in [0.05, 0.1) is 26.4 Å². The Morgan fingerprint density at radius 3 is 0.883 bits per heavy atom. The van der Waals surface area contributed by atoms with Gasteiger partial charge in [0.1, 0.15) is 19.3 Å². The molecule has 0 bridgehead atoms. The quantitative estimate of drug-likeness (QED) is 0.0169. The Morgan fingerprint density at radius 2 is 0.553 bits per heavy atom. The highest BCUT2D eigenvalue weighted by atomic mass is 31.2. The van der Waals surface area contributed by atoms with E-state index >= 15 is 0 Å². The second kappa shape index (κ2) is 67.8. The predicted molar refractivity (Wildman–Crippen MR) is 381 cm³/mol. The molecule has 0 aliphatic carbocycles. The summed E-state index contributed by atoms with van der Waals surface area (Å²) < 4.78 is 68.2. The Balaban J connectivity index is 5.31. The molecule has 94 heavy (non-hydrogen) atoms. The highest BCUT2D eigenvalue weighted by Gasteiger charge is 2.30. The van der Waals surface area contributed by atoms with Gasteiger partial charge < -0.3 is 33.8 Å². The maximum atomic E-state index is 13.0. The van der Waals surface area contributed by atoms with E-state index in [0.717, 1.165) is 186 Å². The molecule has 0 aromatic carbocycles. The van der Waals surface area contributed by atoms with Gasteiger partial charge >= 0.3 is 39.5 Å². The smallest absolute Gasteiger partial charge is 0.462 e. The monoisotopic (exact) mass is 1370 g/mol. The lowest BCUT2D eigenvalue weighted by Gasteiger charge is -2.21. The lowest BCUT2D eigenvalue weighted by atomic mass is 10.1. The number of carbonyl (C=O) groups excluding carboxylic acids is 4. The first-order valence-corrected chi connectivity index (χ1v) is 39.8. The number of phosphoric ester groups is 2. The number of esters is 4. The van der Waals surface area contributed by atoms with Crippen LogP contribution in [0.2, 0.25) is 0 Å². The van der Waals surface area contributed by atoms with Crippen molar-refractivity contribution in [3.63, 3.8) is 0 Å². The highest BCUT2D eigenvalue weighted by molar-refractivity contribution is 7.47. The number of carbonyl (C=O) groups is 4. The standard InChI is InChI=1S/C75H132O17P2/c1-5-9-13-17-21-25-29-31-32-33-34-35-36-38-41-44-48-52-56-60-73(78)86-66-71(92-75(80)62-58-54-50-46-42-37-30-26-22-18-14-10-6-2)68-90-94(83,84)88-64-69(76)63-87-93(81,82)89-67-70(91-74(79)61-57-53-49-45-40-28-24-20-16-12-8-4)65-85-72(77)59-55-51-47-43-39-27-23-19-15-11-7-3/h14,18-21,23-26,30-32,34-35,69-71,76H,5-13,15-17,22,27-29,33,36-68H2,1-4H3,(H,81,82)(H,83,84)/b18-14-,23-19-,24-20-,25-21-,30-26-,32-31-,35-34-. The Kier molecular flexibility index (Phi) is 65.1. The molecule has 0 radical (unpaired) electrons. The van der Waals surface area contributed by atoms with Crippen LogP contribution >= 0.6 is 15.6 Å². The molecule has 0 amide bonds. The van der Waals surface area contributed by atoms with E-state index in [1.165, 1.54) is 44.9 Å². The normalized spacial score (nSPS) is 14.5. The van der Waals surface area contributed by atoms with Crippen molar-refractivity contribution >= 4 is 39.5 Å². The molecule has 544 valence electrons. The molecular weight excluding hydrogens is 1230 g/mol. The minimum absolute atomic E-state index is 0.0762. The lowest BCUT2D eigenvalue weighted by molar-refractivity contribution is -0.161. The van der Waals surface area contributed by atoms with E-state index in [9.17, 15) is 43.2 Å². The van der Waals surface area contributed by atoms with E-state index < -0.39 is 97.5 Å². The Labute approximate surface area is 570 Å². The van der Waals surface area contributed by atoms with Gasteiger partial charge in [0.15, 0.2) is 12.2 Å². The Hall–Kier alpha value is -3.76. The highest BCUT2D eigenvalue weighted by Crippen LogP contribution is 2.45. The molecule has 0 aliphatic rings. The van der Waals surface area contributed by atoms with E-state index in [4.69, 9.17) is 37.0 Å². The van der Waals surface area contributed by atoms with Gasteiger partial charge in [-0.1, -0.05) is 241 Å². The van der Waals surface area contributed by atoms with Crippen molar-refractivity contribution in [2.45, 2.75) is 329 Å². The first-order chi connectivity index (χ1) is 45.7. The third kappa shape index (κ3) is 66.8. The fourth-order valence-electron chi connectivity index (χ4n) is 9.58. The zero-order chi connectivity index (χ0) is 69.0. The summed E-state index contributed by atoms with van der Waals surface area (Å²) in [7, 11) is -9.94. The van der Waals surface area contributed by atoms with Gasteiger partial charge in [-0.3, -0.25) is 37.3 Å². The Morgan fingerprint density at radius 1 is 0.298 bits per heavy atom. The zero-order valence-corrected chi connectivity index (χ0v) is 60.9. The summed E-state index contributed by atoms with van der Waals surface area (Å²) in [6, 6.07) is 0. The summed E-state index contributed by atoms with van der Waals surface area (Å²) in [5.41, 5.74) is 0. The van der Waals surface area contributed by atoms with Crippen LogP contribution in [0.1, 0.15) is 310 Å². The molecule has 19 heteroatoms. The van der Waals surface area contributed by atoms with Crippen LogP contribution in [0.5, 0.6) is 0 Å². The van der Waals surface area contributed by atoms with Crippen LogP contribution in [0.25, 0.3) is 0 Å². The lowest BCUT2D eigenvalue weighted by Crippen LogP contribution is -2.30. The van der Waals surface area contributed by atoms with Crippen molar-refractivity contribution in [3.8, 4) is 0 Å². The Bertz CT molecular complexity index is 2120. The van der Waals surface area contributed by atoms with Gasteiger partial charge in [-0.2, -0.15) is 0 Å². The van der Waals surface area contributed by atoms with Crippen molar-refractivity contribution < 1.29 is 80.2 Å². The molecule has 0 heterocycles. The van der Waals surface area contributed by atoms with Crippen LogP contribution in [0.3, 0.4) is 0 Å². The number of ether oxygens (including phenoxy) is 4. The third-order valence-corrected chi connectivity index (χ3v) is 17.2. The van der Waals surface area contributed by atoms with E-state index in [0.29, 0.717) is 25.7 Å². The van der Waals surface area contributed by atoms with Crippen LogP contribution in [0.15, 0.2) is 85.1 Å². The first kappa shape index (κ1) is 90.2. The molecule has 5 unspecified atom stereocenters. The number of aliphatic hydroxyl groups excluding tert-OH is 1. The van der Waals surface area contributed by atoms with Gasteiger partial charge in [-0.15, -0.1) is 0 Å². The SMILES string of the molecule is CCC/C=C\C/C=C\CCCCCCCC(=O)OC(COC(=O)CCCCCCCC/C=C\C/C=C\C/C=C\CCCCC)COP(=O)(O)OCC(O)COP(=O)(O)OCC(COC(=O)CCCCCCC/C=C\CCCC)OC(=O)CCCCCCC/C=C\CCCC. The molecule has 3 N–H and O–H groups in total. The van der Waals surface area contributed by atoms with Crippen LogP contribution in [0.4, 0.5) is 0 Å². The summed E-state index contributed by atoms with van der Waals surface area (Å²) in [5.74, 6) is -2.21. The topological polar surface area (TPSA) is 237 Å². The van der Waals surface area contributed by atoms with Gasteiger partial charge in [-0.25, -0.2) is 9.13 Å². The second-order valence-electron chi connectivity index (χ2n) is 24.5. The number of hydrogen-bond donors (Lipinski definition) is 3. The van der Waals surface area contributed by atoms with Crippen LogP contribution in [0, 0.1) is 0 Å². The minimum Gasteiger partial charge on any atom is -0.462 e. The van der Waals surface area contributed by atoms with Crippen molar-refractivity contribution in [2.75, 3.05) is 39.6 Å². The number of phosphoric acid groups is 2. The maximum Gasteiger partial charge on any atom is 0.472 e. The third-order valence-electron chi connectivity index (χ3n) is 15.3. The predicted octanol–water partition coefficient (Wildman–Crippen LogP) is 20.7. The van der Waals surface area contributed by atoms with E-state index in [-0.39, 0.29) is 25.7 Å². The number of hydrogen-bond acceptors (Lipinski definition) is 15. The number of allylic oxidation sites excluding steroid dienone is 14.